The topological polar surface area (TPSA) is 20.2 Å². The van der Waals surface area contributed by atoms with Crippen molar-refractivity contribution in [3.05, 3.63) is 42.0 Å². The van der Waals surface area contributed by atoms with Gasteiger partial charge in [-0.2, -0.15) is 0 Å². The molecule has 1 heterocycles. The second-order valence-electron chi connectivity index (χ2n) is 5.29. The Kier molecular flexibility index (Phi) is 4.57. The molecule has 1 atom stereocenters. The van der Waals surface area contributed by atoms with E-state index in [9.17, 15) is 22.0 Å². The zero-order valence-corrected chi connectivity index (χ0v) is 15.2. The van der Waals surface area contributed by atoms with Crippen LogP contribution in [-0.4, -0.2) is 36.1 Å². The van der Waals surface area contributed by atoms with Gasteiger partial charge in [-0.1, -0.05) is 30.3 Å². The Balaban J connectivity index is 0.000000236. The summed E-state index contributed by atoms with van der Waals surface area (Å²) in [4.78, 5) is 0. The molecule has 1 unspecified atom stereocenters. The Morgan fingerprint density at radius 3 is 2.13 bits per heavy atom. The van der Waals surface area contributed by atoms with Crippen molar-refractivity contribution in [3.63, 3.8) is 0 Å². The Labute approximate surface area is 135 Å². The van der Waals surface area contributed by atoms with Crippen LogP contribution in [0, 0.1) is 0 Å². The summed E-state index contributed by atoms with van der Waals surface area (Å²) in [6.45, 7) is 0. The van der Waals surface area contributed by atoms with E-state index in [4.69, 9.17) is 0 Å². The molecule has 0 saturated carbocycles. The van der Waals surface area contributed by atoms with Gasteiger partial charge < -0.3 is 5.11 Å². The molecular formula is C14H15F6OSSb. The van der Waals surface area contributed by atoms with Crippen LogP contribution in [0.2, 0.25) is 0 Å². The predicted octanol–water partition coefficient (Wildman–Crippen LogP) is 4.99. The molecule has 2 aromatic carbocycles. The molecule has 3 rings (SSSR count). The van der Waals surface area contributed by atoms with E-state index >= 15 is 0 Å². The summed E-state index contributed by atoms with van der Waals surface area (Å²) in [7, 11) is 0. The molecule has 2 aromatic rings. The molecule has 0 spiro atoms. The SMILES string of the molecule is Oc1ccc2ccccc2c1C1CC[SH+]C1.[F][Sb-]([F])([F])([F])([F])[F]. The summed E-state index contributed by atoms with van der Waals surface area (Å²) in [5, 5.41) is 12.5. The Morgan fingerprint density at radius 1 is 0.957 bits per heavy atom. The van der Waals surface area contributed by atoms with Crippen LogP contribution in [0.5, 0.6) is 5.75 Å². The number of benzene rings is 2. The van der Waals surface area contributed by atoms with Crippen LogP contribution in [0.3, 0.4) is 0 Å². The fourth-order valence-corrected chi connectivity index (χ4v) is 3.89. The number of phenolic OH excluding ortho intramolecular Hbond substituents is 1. The van der Waals surface area contributed by atoms with Crippen LogP contribution in [0.1, 0.15) is 17.9 Å². The van der Waals surface area contributed by atoms with Crippen LogP contribution in [0.4, 0.5) is 16.9 Å². The van der Waals surface area contributed by atoms with E-state index < -0.39 is 19.5 Å². The molecule has 23 heavy (non-hydrogen) atoms. The number of hydrogen-bond donors (Lipinski definition) is 1. The van der Waals surface area contributed by atoms with Gasteiger partial charge in [0, 0.05) is 17.9 Å². The number of thiol groups is 1. The quantitative estimate of drug-likeness (QED) is 0.272. The van der Waals surface area contributed by atoms with Crippen molar-refractivity contribution in [2.75, 3.05) is 11.5 Å². The first-order valence-corrected chi connectivity index (χ1v) is 13.8. The fourth-order valence-electron chi connectivity index (χ4n) is 2.53. The maximum atomic E-state index is 10.1. The monoisotopic (exact) mass is 466 g/mol. The Hall–Kier alpha value is -0.752. The van der Waals surface area contributed by atoms with Gasteiger partial charge in [-0.25, -0.2) is 0 Å². The van der Waals surface area contributed by atoms with Crippen LogP contribution in [-0.2, 0) is 11.8 Å². The molecular weight excluding hydrogens is 452 g/mol. The van der Waals surface area contributed by atoms with Crippen molar-refractivity contribution in [2.45, 2.75) is 12.3 Å². The Morgan fingerprint density at radius 2 is 1.57 bits per heavy atom. The number of aromatic hydroxyl groups is 1. The molecule has 1 saturated heterocycles. The molecule has 1 aliphatic rings. The molecule has 1 nitrogen and oxygen atoms in total. The average molecular weight is 467 g/mol. The van der Waals surface area contributed by atoms with E-state index in [1.807, 2.05) is 12.1 Å². The first-order chi connectivity index (χ1) is 10.3. The molecule has 0 aliphatic carbocycles. The van der Waals surface area contributed by atoms with Crippen LogP contribution in [0.15, 0.2) is 36.4 Å². The van der Waals surface area contributed by atoms with Gasteiger partial charge in [-0.15, -0.1) is 0 Å². The molecule has 0 aromatic heterocycles. The van der Waals surface area contributed by atoms with E-state index in [0.29, 0.717) is 11.7 Å². The summed E-state index contributed by atoms with van der Waals surface area (Å²) in [5.74, 6) is 3.49. The van der Waals surface area contributed by atoms with Crippen molar-refractivity contribution in [3.8, 4) is 5.75 Å². The third-order valence-electron chi connectivity index (χ3n) is 3.34. The average Bonchev–Trinajstić information content (AvgIpc) is 2.88. The minimum atomic E-state index is -11.2. The zero-order valence-electron chi connectivity index (χ0n) is 11.8. The van der Waals surface area contributed by atoms with Gasteiger partial charge in [0.15, 0.2) is 0 Å². The number of halogens is 6. The normalized spacial score (nSPS) is 21.2. The standard InChI is InChI=1S/C14H14OS.6FH.Sb/c15-13-6-5-10-3-1-2-4-12(10)14(13)11-7-8-16-9-11;;;;;;;/h1-6,11,15H,7-9H2;6*1H;/q;;;;;;;+5/p-5. The Bertz CT molecular complexity index is 699. The van der Waals surface area contributed by atoms with Gasteiger partial charge in [0.1, 0.15) is 17.3 Å². The zero-order chi connectivity index (χ0) is 17.4. The van der Waals surface area contributed by atoms with E-state index in [-0.39, 0.29) is 0 Å². The summed E-state index contributed by atoms with van der Waals surface area (Å²) in [5.41, 5.74) is 1.17. The number of hydrogen-bond acceptors (Lipinski definition) is 1. The molecule has 0 radical (unpaired) electrons. The van der Waals surface area contributed by atoms with Gasteiger partial charge in [-0.05, 0) is 28.6 Å². The summed E-state index contributed by atoms with van der Waals surface area (Å²) in [6.07, 6.45) is 1.21. The first kappa shape index (κ1) is 18.6. The van der Waals surface area contributed by atoms with Gasteiger partial charge in [-0.3, -0.25) is 0 Å². The van der Waals surface area contributed by atoms with Crippen molar-refractivity contribution in [1.82, 2.24) is 0 Å². The third kappa shape index (κ3) is 6.71. The van der Waals surface area contributed by atoms with Crippen molar-refractivity contribution >= 4 is 42.0 Å². The molecule has 0 amide bonds. The molecule has 130 valence electrons. The summed E-state index contributed by atoms with van der Waals surface area (Å²) in [6, 6.07) is 12.2. The van der Waals surface area contributed by atoms with Crippen LogP contribution < -0.4 is 0 Å². The van der Waals surface area contributed by atoms with Gasteiger partial charge in [0.2, 0.25) is 0 Å². The van der Waals surface area contributed by atoms with Gasteiger partial charge in [0.05, 0.1) is 0 Å². The van der Waals surface area contributed by atoms with Crippen LogP contribution >= 0.6 is 0 Å². The maximum absolute atomic E-state index is 11.2. The van der Waals surface area contributed by atoms with E-state index in [1.54, 1.807) is 0 Å². The predicted molar refractivity (Wildman–Crippen MR) is 83.9 cm³/mol. The summed E-state index contributed by atoms with van der Waals surface area (Å²) < 4.78 is 59.6. The van der Waals surface area contributed by atoms with E-state index in [1.165, 1.54) is 46.0 Å². The van der Waals surface area contributed by atoms with Crippen LogP contribution in [0.25, 0.3) is 10.8 Å². The van der Waals surface area contributed by atoms with E-state index in [0.717, 1.165) is 0 Å². The van der Waals surface area contributed by atoms with Crippen molar-refractivity contribution in [2.24, 2.45) is 0 Å². The van der Waals surface area contributed by atoms with Gasteiger partial charge >= 0.3 is 36.4 Å². The second kappa shape index (κ2) is 5.66. The number of fused-ring (bicyclic) bond motifs is 1. The van der Waals surface area contributed by atoms with Gasteiger partial charge in [0.25, 0.3) is 0 Å². The second-order valence-corrected chi connectivity index (χ2v) is 12.0. The molecule has 1 N–H and O–H groups in total. The molecule has 1 fully saturated rings. The van der Waals surface area contributed by atoms with Crippen molar-refractivity contribution < 1.29 is 22.0 Å². The fraction of sp³-hybridized carbons (Fsp3) is 0.286. The molecule has 1 aliphatic heterocycles. The molecule has 9 heteroatoms. The van der Waals surface area contributed by atoms with Crippen molar-refractivity contribution in [1.29, 1.82) is 0 Å². The van der Waals surface area contributed by atoms with E-state index in [2.05, 4.69) is 24.3 Å². The number of phenols is 1. The molecule has 0 bridgehead atoms. The summed E-state index contributed by atoms with van der Waals surface area (Å²) >= 11 is -9.72. The minimum absolute atomic E-state index is 0.473. The third-order valence-corrected chi connectivity index (χ3v) is 4.61. The first-order valence-electron chi connectivity index (χ1n) is 6.71. The number of rotatable bonds is 1.